The summed E-state index contributed by atoms with van der Waals surface area (Å²) in [4.78, 5) is 17.4. The molecule has 0 saturated carbocycles. The average Bonchev–Trinajstić information content (AvgIpc) is 3.18. The number of para-hydroxylation sites is 2. The van der Waals surface area contributed by atoms with Crippen molar-refractivity contribution in [1.82, 2.24) is 0 Å². The second-order valence-electron chi connectivity index (χ2n) is 12.1. The molecule has 51 heavy (non-hydrogen) atoms. The largest absolute Gasteiger partial charge is 0.497 e. The number of aryl methyl sites for hydroxylation is 1. The van der Waals surface area contributed by atoms with Crippen molar-refractivity contribution < 1.29 is 14.3 Å². The number of allylic oxidation sites excluding steroid dienone is 2. The van der Waals surface area contributed by atoms with Gasteiger partial charge in [0, 0.05) is 46.1 Å². The normalized spacial score (nSPS) is 11.3. The van der Waals surface area contributed by atoms with E-state index >= 15 is 0 Å². The Morgan fingerprint density at radius 2 is 1.04 bits per heavy atom. The predicted molar refractivity (Wildman–Crippen MR) is 210 cm³/mol. The Morgan fingerprint density at radius 3 is 1.59 bits per heavy atom. The number of hydrogen-bond donors (Lipinski definition) is 0. The Hall–Kier alpha value is -6.33. The molecule has 0 spiro atoms. The molecule has 0 aliphatic carbocycles. The van der Waals surface area contributed by atoms with Gasteiger partial charge in [-0.2, -0.15) is 0 Å². The SMILES string of the molecule is CC/C=C(\C=C/CN(c1ccccc1)c1ccc(N(c2ccccc2)c2ccc(Oc3ccc(C(=O)c4ccc(C)cc4)cc3)cc2)cc1)OC. The van der Waals surface area contributed by atoms with Crippen LogP contribution in [0.25, 0.3) is 0 Å². The third-order valence-electron chi connectivity index (χ3n) is 8.47. The van der Waals surface area contributed by atoms with Gasteiger partial charge in [-0.25, -0.2) is 0 Å². The van der Waals surface area contributed by atoms with E-state index in [0.717, 1.165) is 46.2 Å². The fourth-order valence-corrected chi connectivity index (χ4v) is 5.81. The molecule has 0 heterocycles. The molecule has 0 aliphatic heterocycles. The second-order valence-corrected chi connectivity index (χ2v) is 12.1. The van der Waals surface area contributed by atoms with Crippen LogP contribution in [0.5, 0.6) is 11.5 Å². The van der Waals surface area contributed by atoms with Crippen molar-refractivity contribution in [3.05, 3.63) is 198 Å². The van der Waals surface area contributed by atoms with Crippen LogP contribution in [0, 0.1) is 6.92 Å². The summed E-state index contributed by atoms with van der Waals surface area (Å²) in [5.41, 5.74) is 7.68. The van der Waals surface area contributed by atoms with Gasteiger partial charge in [0.15, 0.2) is 5.78 Å². The van der Waals surface area contributed by atoms with Crippen molar-refractivity contribution in [2.45, 2.75) is 20.3 Å². The lowest BCUT2D eigenvalue weighted by atomic mass is 10.0. The van der Waals surface area contributed by atoms with Gasteiger partial charge in [-0.3, -0.25) is 4.79 Å². The zero-order valence-corrected chi connectivity index (χ0v) is 29.3. The molecule has 5 nitrogen and oxygen atoms in total. The zero-order chi connectivity index (χ0) is 35.4. The summed E-state index contributed by atoms with van der Waals surface area (Å²) in [6.07, 6.45) is 7.15. The fourth-order valence-electron chi connectivity index (χ4n) is 5.81. The van der Waals surface area contributed by atoms with Crippen LogP contribution in [0.1, 0.15) is 34.8 Å². The van der Waals surface area contributed by atoms with Crippen LogP contribution in [0.4, 0.5) is 28.4 Å². The first-order chi connectivity index (χ1) is 25.0. The van der Waals surface area contributed by atoms with Crippen molar-refractivity contribution >= 4 is 34.2 Å². The van der Waals surface area contributed by atoms with Gasteiger partial charge in [-0.15, -0.1) is 0 Å². The lowest BCUT2D eigenvalue weighted by Gasteiger charge is -2.28. The van der Waals surface area contributed by atoms with E-state index in [9.17, 15) is 4.79 Å². The number of carbonyl (C=O) groups excluding carboxylic acids is 1. The third kappa shape index (κ3) is 8.83. The van der Waals surface area contributed by atoms with Gasteiger partial charge in [-0.1, -0.05) is 79.2 Å². The Bertz CT molecular complexity index is 2050. The molecular formula is C46H42N2O3. The lowest BCUT2D eigenvalue weighted by molar-refractivity contribution is 0.103. The van der Waals surface area contributed by atoms with Crippen LogP contribution in [0.2, 0.25) is 0 Å². The monoisotopic (exact) mass is 670 g/mol. The number of nitrogens with zero attached hydrogens (tertiary/aromatic N) is 2. The molecular weight excluding hydrogens is 629 g/mol. The van der Waals surface area contributed by atoms with Crippen molar-refractivity contribution in [1.29, 1.82) is 0 Å². The molecule has 0 aromatic heterocycles. The van der Waals surface area contributed by atoms with Gasteiger partial charge in [0.2, 0.25) is 0 Å². The van der Waals surface area contributed by atoms with Crippen LogP contribution in [0.3, 0.4) is 0 Å². The molecule has 0 bridgehead atoms. The highest BCUT2D eigenvalue weighted by Crippen LogP contribution is 2.37. The maximum atomic E-state index is 12.9. The number of carbonyl (C=O) groups is 1. The molecule has 0 amide bonds. The smallest absolute Gasteiger partial charge is 0.193 e. The molecule has 0 fully saturated rings. The van der Waals surface area contributed by atoms with Crippen molar-refractivity contribution in [2.24, 2.45) is 0 Å². The predicted octanol–water partition coefficient (Wildman–Crippen LogP) is 12.1. The average molecular weight is 671 g/mol. The molecule has 0 saturated heterocycles. The van der Waals surface area contributed by atoms with E-state index in [1.807, 2.05) is 97.9 Å². The van der Waals surface area contributed by atoms with E-state index in [0.29, 0.717) is 29.2 Å². The van der Waals surface area contributed by atoms with Crippen molar-refractivity contribution in [3.63, 3.8) is 0 Å². The molecule has 5 heteroatoms. The van der Waals surface area contributed by atoms with Crippen molar-refractivity contribution in [3.8, 4) is 11.5 Å². The number of ether oxygens (including phenoxy) is 2. The van der Waals surface area contributed by atoms with Crippen LogP contribution in [0.15, 0.2) is 182 Å². The first-order valence-corrected chi connectivity index (χ1v) is 17.2. The van der Waals surface area contributed by atoms with Gasteiger partial charge in [0.05, 0.1) is 7.11 Å². The minimum atomic E-state index is -0.00921. The number of hydrogen-bond acceptors (Lipinski definition) is 5. The number of anilines is 5. The number of ketones is 1. The zero-order valence-electron chi connectivity index (χ0n) is 29.3. The maximum absolute atomic E-state index is 12.9. The molecule has 6 aromatic carbocycles. The summed E-state index contributed by atoms with van der Waals surface area (Å²) in [6.45, 7) is 4.79. The molecule has 254 valence electrons. The van der Waals surface area contributed by atoms with E-state index in [4.69, 9.17) is 9.47 Å². The topological polar surface area (TPSA) is 42.0 Å². The molecule has 0 radical (unpaired) electrons. The number of benzene rings is 6. The number of methoxy groups -OCH3 is 1. The minimum Gasteiger partial charge on any atom is -0.497 e. The third-order valence-corrected chi connectivity index (χ3v) is 8.47. The first kappa shape index (κ1) is 34.5. The second kappa shape index (κ2) is 16.9. The van der Waals surface area contributed by atoms with E-state index in [1.165, 1.54) is 0 Å². The summed E-state index contributed by atoms with van der Waals surface area (Å²) in [5.74, 6) is 2.22. The molecule has 0 unspecified atom stereocenters. The summed E-state index contributed by atoms with van der Waals surface area (Å²) in [6, 6.07) is 52.3. The van der Waals surface area contributed by atoms with Crippen LogP contribution in [-0.2, 0) is 4.74 Å². The Kier molecular flexibility index (Phi) is 11.4. The van der Waals surface area contributed by atoms with Gasteiger partial charge in [0.1, 0.15) is 17.3 Å². The van der Waals surface area contributed by atoms with Crippen molar-refractivity contribution in [2.75, 3.05) is 23.5 Å². The Morgan fingerprint density at radius 1 is 0.588 bits per heavy atom. The highest BCUT2D eigenvalue weighted by Gasteiger charge is 2.15. The lowest BCUT2D eigenvalue weighted by Crippen LogP contribution is -2.17. The van der Waals surface area contributed by atoms with E-state index in [2.05, 4.69) is 102 Å². The summed E-state index contributed by atoms with van der Waals surface area (Å²) >= 11 is 0. The van der Waals surface area contributed by atoms with Gasteiger partial charge in [0.25, 0.3) is 0 Å². The summed E-state index contributed by atoms with van der Waals surface area (Å²) < 4.78 is 11.7. The summed E-state index contributed by atoms with van der Waals surface area (Å²) in [7, 11) is 1.70. The Labute approximate surface area is 301 Å². The van der Waals surface area contributed by atoms with Gasteiger partial charge in [-0.05, 0) is 123 Å². The number of rotatable bonds is 14. The van der Waals surface area contributed by atoms with Crippen LogP contribution in [-0.4, -0.2) is 19.4 Å². The fraction of sp³-hybridized carbons (Fsp3) is 0.109. The highest BCUT2D eigenvalue weighted by atomic mass is 16.5. The summed E-state index contributed by atoms with van der Waals surface area (Å²) in [5, 5.41) is 0. The quantitative estimate of drug-likeness (QED) is 0.0655. The van der Waals surface area contributed by atoms with Crippen LogP contribution < -0.4 is 14.5 Å². The molecule has 6 rings (SSSR count). The van der Waals surface area contributed by atoms with E-state index in [-0.39, 0.29) is 5.78 Å². The molecule has 0 atom stereocenters. The first-order valence-electron chi connectivity index (χ1n) is 17.2. The van der Waals surface area contributed by atoms with Gasteiger partial charge >= 0.3 is 0 Å². The maximum Gasteiger partial charge on any atom is 0.193 e. The standard InChI is InChI=1S/C46H42N2O3/c1-4-12-43(50-3)17-11-34-47(38-13-7-5-8-14-38)39-24-26-41(27-25-39)48(40-15-9-6-10-16-40)42-28-32-45(33-29-42)51-44-30-22-37(23-31-44)46(49)36-20-18-35(2)19-21-36/h5-33H,4,34H2,1-3H3/b17-11-,43-12+. The van der Waals surface area contributed by atoms with E-state index < -0.39 is 0 Å². The van der Waals surface area contributed by atoms with E-state index in [1.54, 1.807) is 7.11 Å². The van der Waals surface area contributed by atoms with Crippen LogP contribution >= 0.6 is 0 Å². The molecule has 0 aliphatic rings. The highest BCUT2D eigenvalue weighted by molar-refractivity contribution is 6.09. The van der Waals surface area contributed by atoms with Gasteiger partial charge < -0.3 is 19.3 Å². The minimum absolute atomic E-state index is 0.00921. The Balaban J connectivity index is 1.21. The molecule has 0 N–H and O–H groups in total. The molecule has 6 aromatic rings.